The topological polar surface area (TPSA) is 172 Å². The van der Waals surface area contributed by atoms with Crippen LogP contribution in [0, 0.1) is 0 Å². The first-order valence-corrected chi connectivity index (χ1v) is 22.8. The second-order valence-corrected chi connectivity index (χ2v) is 15.6. The van der Waals surface area contributed by atoms with Crippen molar-refractivity contribution in [2.75, 3.05) is 19.8 Å². The second-order valence-electron chi connectivity index (χ2n) is 14.1. The lowest BCUT2D eigenvalue weighted by Gasteiger charge is -2.20. The molecule has 1 unspecified atom stereocenters. The van der Waals surface area contributed by atoms with Crippen molar-refractivity contribution in [2.45, 2.75) is 180 Å². The number of carbonyl (C=O) groups is 3. The van der Waals surface area contributed by atoms with Crippen LogP contribution < -0.4 is 5.73 Å². The summed E-state index contributed by atoms with van der Waals surface area (Å²) in [5.74, 6) is -2.49. The van der Waals surface area contributed by atoms with Crippen molar-refractivity contribution in [3.8, 4) is 0 Å². The van der Waals surface area contributed by atoms with Crippen molar-refractivity contribution >= 4 is 25.7 Å². The van der Waals surface area contributed by atoms with Gasteiger partial charge in [0.2, 0.25) is 0 Å². The molecule has 0 fully saturated rings. The molecule has 0 aromatic heterocycles. The Kier molecular flexibility index (Phi) is 37.1. The Morgan fingerprint density at radius 3 is 1.50 bits per heavy atom. The van der Waals surface area contributed by atoms with E-state index in [1.165, 1.54) is 77.0 Å². The van der Waals surface area contributed by atoms with Crippen molar-refractivity contribution < 1.29 is 47.5 Å². The van der Waals surface area contributed by atoms with Crippen LogP contribution in [0.4, 0.5) is 0 Å². The van der Waals surface area contributed by atoms with Gasteiger partial charge in [-0.1, -0.05) is 139 Å². The summed E-state index contributed by atoms with van der Waals surface area (Å²) in [6, 6.07) is -1.53. The molecule has 0 saturated carbocycles. The predicted octanol–water partition coefficient (Wildman–Crippen LogP) is 11.2. The summed E-state index contributed by atoms with van der Waals surface area (Å²) >= 11 is 0. The minimum absolute atomic E-state index is 0.0868. The van der Waals surface area contributed by atoms with Gasteiger partial charge in [0.25, 0.3) is 0 Å². The molecule has 0 bridgehead atoms. The number of aliphatic carboxylic acids is 1. The maximum Gasteiger partial charge on any atom is 0.472 e. The Bertz CT molecular complexity index is 1180. The molecule has 3 atom stereocenters. The number of hydrogen-bond acceptors (Lipinski definition) is 9. The summed E-state index contributed by atoms with van der Waals surface area (Å²) in [4.78, 5) is 45.9. The molecule has 0 saturated heterocycles. The number of nitrogens with two attached hydrogens (primary N) is 1. The fourth-order valence-corrected chi connectivity index (χ4v) is 6.12. The number of ether oxygens (including phenoxy) is 2. The zero-order valence-corrected chi connectivity index (χ0v) is 35.6. The maximum atomic E-state index is 12.6. The van der Waals surface area contributed by atoms with Gasteiger partial charge < -0.3 is 25.2 Å². The third kappa shape index (κ3) is 38.1. The van der Waals surface area contributed by atoms with Gasteiger partial charge in [-0.15, -0.1) is 0 Å². The molecule has 11 nitrogen and oxygen atoms in total. The van der Waals surface area contributed by atoms with Gasteiger partial charge in [0.15, 0.2) is 6.10 Å². The summed E-state index contributed by atoms with van der Waals surface area (Å²) in [5.41, 5.74) is 5.32. The van der Waals surface area contributed by atoms with E-state index >= 15 is 0 Å². The Morgan fingerprint density at radius 2 is 0.964 bits per heavy atom. The minimum atomic E-state index is -4.74. The lowest BCUT2D eigenvalue weighted by Crippen LogP contribution is -2.34. The van der Waals surface area contributed by atoms with Crippen LogP contribution in [0.1, 0.15) is 168 Å². The van der Waals surface area contributed by atoms with Gasteiger partial charge in [-0.25, -0.2) is 4.57 Å². The van der Waals surface area contributed by atoms with Crippen LogP contribution in [0.5, 0.6) is 0 Å². The molecule has 0 aliphatic carbocycles. The number of carbonyl (C=O) groups excluding carboxylic acids is 2. The van der Waals surface area contributed by atoms with Crippen molar-refractivity contribution in [3.63, 3.8) is 0 Å². The van der Waals surface area contributed by atoms with Crippen molar-refractivity contribution in [1.82, 2.24) is 0 Å². The fourth-order valence-electron chi connectivity index (χ4n) is 5.34. The van der Waals surface area contributed by atoms with Crippen LogP contribution >= 0.6 is 7.82 Å². The SMILES string of the molecule is CCCCC/C=C/C/C=C/C/C=C/CCCCC(=O)OC[C@H](COP(=O)(O)OC[C@H](N)C(=O)O)OC(=O)CCC/C=C/C/C=C/CCCCCCCCCCC. The van der Waals surface area contributed by atoms with Crippen LogP contribution in [0.25, 0.3) is 0 Å². The van der Waals surface area contributed by atoms with Crippen LogP contribution in [-0.4, -0.2) is 59.9 Å². The normalized spacial score (nSPS) is 14.4. The molecule has 0 heterocycles. The molecule has 12 heteroatoms. The van der Waals surface area contributed by atoms with Gasteiger partial charge in [-0.05, 0) is 77.0 Å². The smallest absolute Gasteiger partial charge is 0.472 e. The highest BCUT2D eigenvalue weighted by Gasteiger charge is 2.28. The van der Waals surface area contributed by atoms with Crippen LogP contribution in [0.3, 0.4) is 0 Å². The Balaban J connectivity index is 4.52. The first kappa shape index (κ1) is 53.2. The average molecular weight is 810 g/mol. The number of carboxylic acid groups (broad SMARTS) is 1. The molecule has 56 heavy (non-hydrogen) atoms. The zero-order valence-electron chi connectivity index (χ0n) is 34.7. The molecule has 0 spiro atoms. The number of unbranched alkanes of at least 4 members (excludes halogenated alkanes) is 15. The maximum absolute atomic E-state index is 12.6. The summed E-state index contributed by atoms with van der Waals surface area (Å²) in [7, 11) is -4.74. The number of phosphoric ester groups is 1. The number of rotatable bonds is 39. The van der Waals surface area contributed by atoms with Gasteiger partial charge in [-0.2, -0.15) is 0 Å². The minimum Gasteiger partial charge on any atom is -0.480 e. The third-order valence-corrected chi connectivity index (χ3v) is 9.69. The number of allylic oxidation sites excluding steroid dienone is 10. The highest BCUT2D eigenvalue weighted by atomic mass is 31.2. The Labute approximate surface area is 338 Å². The molecule has 4 N–H and O–H groups in total. The van der Waals surface area contributed by atoms with Crippen LogP contribution in [0.15, 0.2) is 60.8 Å². The van der Waals surface area contributed by atoms with Gasteiger partial charge in [0.05, 0.1) is 13.2 Å². The number of hydrogen-bond donors (Lipinski definition) is 3. The summed E-state index contributed by atoms with van der Waals surface area (Å²) in [6.07, 6.45) is 44.4. The molecule has 0 aliphatic heterocycles. The van der Waals surface area contributed by atoms with Gasteiger partial charge in [0.1, 0.15) is 12.6 Å². The Morgan fingerprint density at radius 1 is 0.554 bits per heavy atom. The van der Waals surface area contributed by atoms with Gasteiger partial charge in [-0.3, -0.25) is 23.4 Å². The molecule has 322 valence electrons. The first-order valence-electron chi connectivity index (χ1n) is 21.3. The predicted molar refractivity (Wildman–Crippen MR) is 226 cm³/mol. The highest BCUT2D eigenvalue weighted by molar-refractivity contribution is 7.47. The van der Waals surface area contributed by atoms with Crippen LogP contribution in [0.2, 0.25) is 0 Å². The third-order valence-electron chi connectivity index (χ3n) is 8.74. The standard InChI is InChI=1S/C44H76NO10P/c1-3-5-7-9-11-13-15-17-19-20-22-24-26-28-30-32-34-36-43(47)55-40(38-53-56(50,51)54-39-41(45)44(48)49)37-52-42(46)35-33-31-29-27-25-23-21-18-16-14-12-10-8-6-4-2/h12,14,18,21-22,24-25,27-28,30,40-41H,3-11,13,15-17,19-20,23,26,29,31-39,45H2,1-2H3,(H,48,49)(H,50,51)/b14-12+,21-18+,24-22+,27-25+,30-28+/t40-,41+/m1/s1. The van der Waals surface area contributed by atoms with Crippen molar-refractivity contribution in [3.05, 3.63) is 60.8 Å². The van der Waals surface area contributed by atoms with E-state index in [2.05, 4.69) is 73.1 Å². The average Bonchev–Trinajstić information content (AvgIpc) is 3.17. The largest absolute Gasteiger partial charge is 0.480 e. The van der Waals surface area contributed by atoms with Gasteiger partial charge >= 0.3 is 25.7 Å². The molecule has 0 amide bonds. The summed E-state index contributed by atoms with van der Waals surface area (Å²) < 4.78 is 32.6. The number of carboxylic acids is 1. The highest BCUT2D eigenvalue weighted by Crippen LogP contribution is 2.43. The molecule has 0 aromatic rings. The number of esters is 2. The van der Waals surface area contributed by atoms with E-state index < -0.39 is 51.1 Å². The van der Waals surface area contributed by atoms with Crippen molar-refractivity contribution in [1.29, 1.82) is 0 Å². The van der Waals surface area contributed by atoms with E-state index in [9.17, 15) is 23.8 Å². The van der Waals surface area contributed by atoms with Crippen LogP contribution in [-0.2, 0) is 37.5 Å². The van der Waals surface area contributed by atoms with E-state index in [1.54, 1.807) is 0 Å². The van der Waals surface area contributed by atoms with E-state index in [-0.39, 0.29) is 19.4 Å². The molecular formula is C44H76NO10P. The first-order chi connectivity index (χ1) is 27.1. The van der Waals surface area contributed by atoms with Gasteiger partial charge in [0, 0.05) is 12.8 Å². The molecule has 0 aliphatic rings. The lowest BCUT2D eigenvalue weighted by atomic mass is 10.1. The monoisotopic (exact) mass is 810 g/mol. The van der Waals surface area contributed by atoms with E-state index in [0.29, 0.717) is 19.3 Å². The van der Waals surface area contributed by atoms with E-state index in [1.807, 2.05) is 6.08 Å². The van der Waals surface area contributed by atoms with E-state index in [0.717, 1.165) is 44.9 Å². The molecule has 0 rings (SSSR count). The van der Waals surface area contributed by atoms with Crippen molar-refractivity contribution in [2.24, 2.45) is 5.73 Å². The quantitative estimate of drug-likeness (QED) is 0.0233. The summed E-state index contributed by atoms with van der Waals surface area (Å²) in [6.45, 7) is 2.68. The lowest BCUT2D eigenvalue weighted by molar-refractivity contribution is -0.161. The zero-order chi connectivity index (χ0) is 41.4. The second kappa shape index (κ2) is 39.0. The fraction of sp³-hybridized carbons (Fsp3) is 0.705. The summed E-state index contributed by atoms with van der Waals surface area (Å²) in [5, 5.41) is 8.88. The van der Waals surface area contributed by atoms with E-state index in [4.69, 9.17) is 24.8 Å². The molecule has 0 aromatic carbocycles. The Hall–Kier alpha value is -2.82. The molecule has 0 radical (unpaired) electrons. The molecular weight excluding hydrogens is 733 g/mol. The number of phosphoric acid groups is 1.